The van der Waals surface area contributed by atoms with Gasteiger partial charge in [-0.25, -0.2) is 9.18 Å². The number of carbonyl (C=O) groups is 1. The SMILES string of the molecule is C=C(c1ccc(OCc2ccccc2F)c(OC)c1)N(CCNC(=O)OC(C)(C)C)Cc1cccs1. The predicted molar refractivity (Wildman–Crippen MR) is 142 cm³/mol. The number of benzene rings is 2. The maximum Gasteiger partial charge on any atom is 0.407 e. The fourth-order valence-electron chi connectivity index (χ4n) is 3.43. The summed E-state index contributed by atoms with van der Waals surface area (Å²) in [6, 6.07) is 16.1. The van der Waals surface area contributed by atoms with E-state index in [9.17, 15) is 9.18 Å². The van der Waals surface area contributed by atoms with Crippen LogP contribution in [0.3, 0.4) is 0 Å². The number of amides is 1. The van der Waals surface area contributed by atoms with Crippen molar-refractivity contribution in [2.24, 2.45) is 0 Å². The lowest BCUT2D eigenvalue weighted by Gasteiger charge is -2.27. The van der Waals surface area contributed by atoms with Crippen LogP contribution in [0.5, 0.6) is 11.5 Å². The molecular formula is C28H33FN2O4S. The van der Waals surface area contributed by atoms with Crippen LogP contribution in [-0.4, -0.2) is 36.8 Å². The predicted octanol–water partition coefficient (Wildman–Crippen LogP) is 6.47. The Hall–Kier alpha value is -3.52. The molecule has 3 rings (SSSR count). The molecular weight excluding hydrogens is 479 g/mol. The first-order valence-electron chi connectivity index (χ1n) is 11.6. The van der Waals surface area contributed by atoms with Gasteiger partial charge in [-0.2, -0.15) is 0 Å². The smallest absolute Gasteiger partial charge is 0.407 e. The van der Waals surface area contributed by atoms with E-state index in [2.05, 4.69) is 22.9 Å². The van der Waals surface area contributed by atoms with Crippen molar-refractivity contribution < 1.29 is 23.4 Å². The summed E-state index contributed by atoms with van der Waals surface area (Å²) in [5, 5.41) is 4.84. The Kier molecular flexibility index (Phi) is 9.36. The third-order valence-electron chi connectivity index (χ3n) is 5.20. The average Bonchev–Trinajstić information content (AvgIpc) is 3.34. The van der Waals surface area contributed by atoms with Gasteiger partial charge in [0.05, 0.1) is 13.7 Å². The zero-order valence-electron chi connectivity index (χ0n) is 21.2. The lowest BCUT2D eigenvalue weighted by atomic mass is 10.1. The van der Waals surface area contributed by atoms with Crippen LogP contribution in [0.25, 0.3) is 5.70 Å². The lowest BCUT2D eigenvalue weighted by Crippen LogP contribution is -2.37. The summed E-state index contributed by atoms with van der Waals surface area (Å²) < 4.78 is 30.7. The molecule has 1 aromatic heterocycles. The highest BCUT2D eigenvalue weighted by atomic mass is 32.1. The van der Waals surface area contributed by atoms with Crippen molar-refractivity contribution in [1.82, 2.24) is 10.2 Å². The second-order valence-electron chi connectivity index (χ2n) is 9.12. The summed E-state index contributed by atoms with van der Waals surface area (Å²) in [4.78, 5) is 15.3. The monoisotopic (exact) mass is 512 g/mol. The van der Waals surface area contributed by atoms with Gasteiger partial charge >= 0.3 is 6.09 Å². The van der Waals surface area contributed by atoms with Gasteiger partial charge in [-0.15, -0.1) is 11.3 Å². The molecule has 36 heavy (non-hydrogen) atoms. The lowest BCUT2D eigenvalue weighted by molar-refractivity contribution is 0.0524. The quantitative estimate of drug-likeness (QED) is 0.319. The van der Waals surface area contributed by atoms with Gasteiger partial charge in [0.2, 0.25) is 0 Å². The number of nitrogens with one attached hydrogen (secondary N) is 1. The van der Waals surface area contributed by atoms with Crippen LogP contribution in [0.4, 0.5) is 9.18 Å². The number of rotatable bonds is 11. The van der Waals surface area contributed by atoms with Crippen LogP contribution < -0.4 is 14.8 Å². The Morgan fingerprint density at radius 2 is 1.89 bits per heavy atom. The molecule has 192 valence electrons. The minimum atomic E-state index is -0.559. The summed E-state index contributed by atoms with van der Waals surface area (Å²) in [6.07, 6.45) is -0.456. The second-order valence-corrected chi connectivity index (χ2v) is 10.2. The van der Waals surface area contributed by atoms with Gasteiger partial charge in [-0.1, -0.05) is 30.8 Å². The molecule has 0 unspecified atom stereocenters. The number of ether oxygens (including phenoxy) is 3. The molecule has 0 atom stereocenters. The van der Waals surface area contributed by atoms with Gasteiger partial charge in [-0.3, -0.25) is 0 Å². The molecule has 0 saturated carbocycles. The van der Waals surface area contributed by atoms with Crippen molar-refractivity contribution in [3.8, 4) is 11.5 Å². The maximum atomic E-state index is 14.0. The second kappa shape index (κ2) is 12.4. The Morgan fingerprint density at radius 1 is 1.11 bits per heavy atom. The molecule has 1 N–H and O–H groups in total. The van der Waals surface area contributed by atoms with E-state index in [0.29, 0.717) is 36.7 Å². The van der Waals surface area contributed by atoms with E-state index in [1.165, 1.54) is 10.9 Å². The Labute approximate surface area is 216 Å². The van der Waals surface area contributed by atoms with Gasteiger partial charge in [0, 0.05) is 34.8 Å². The topological polar surface area (TPSA) is 60.0 Å². The van der Waals surface area contributed by atoms with E-state index < -0.39 is 11.7 Å². The van der Waals surface area contributed by atoms with Crippen molar-refractivity contribution in [3.63, 3.8) is 0 Å². The van der Waals surface area contributed by atoms with Crippen molar-refractivity contribution >= 4 is 23.1 Å². The van der Waals surface area contributed by atoms with Crippen molar-refractivity contribution in [1.29, 1.82) is 0 Å². The molecule has 0 aliphatic rings. The zero-order chi connectivity index (χ0) is 26.1. The van der Waals surface area contributed by atoms with E-state index in [4.69, 9.17) is 14.2 Å². The Bertz CT molecular complexity index is 1160. The average molecular weight is 513 g/mol. The van der Waals surface area contributed by atoms with Crippen LogP contribution >= 0.6 is 11.3 Å². The van der Waals surface area contributed by atoms with Gasteiger partial charge in [-0.05, 0) is 56.5 Å². The summed E-state index contributed by atoms with van der Waals surface area (Å²) in [7, 11) is 1.56. The Morgan fingerprint density at radius 3 is 2.56 bits per heavy atom. The molecule has 6 nitrogen and oxygen atoms in total. The minimum absolute atomic E-state index is 0.0875. The number of hydrogen-bond donors (Lipinski definition) is 1. The van der Waals surface area contributed by atoms with E-state index in [1.807, 2.05) is 44.4 Å². The van der Waals surface area contributed by atoms with Crippen molar-refractivity contribution in [3.05, 3.63) is 88.4 Å². The maximum absolute atomic E-state index is 14.0. The summed E-state index contributed by atoms with van der Waals surface area (Å²) in [6.45, 7) is 11.4. The first-order valence-corrected chi connectivity index (χ1v) is 12.5. The normalized spacial score (nSPS) is 11.0. The number of nitrogens with zero attached hydrogens (tertiary/aromatic N) is 1. The van der Waals surface area contributed by atoms with Crippen molar-refractivity contribution in [2.75, 3.05) is 20.2 Å². The fourth-order valence-corrected chi connectivity index (χ4v) is 4.15. The molecule has 0 aliphatic carbocycles. The molecule has 8 heteroatoms. The highest BCUT2D eigenvalue weighted by molar-refractivity contribution is 7.09. The van der Waals surface area contributed by atoms with Gasteiger partial charge in [0.25, 0.3) is 0 Å². The van der Waals surface area contributed by atoms with Crippen LogP contribution in [-0.2, 0) is 17.9 Å². The third-order valence-corrected chi connectivity index (χ3v) is 6.06. The number of hydrogen-bond acceptors (Lipinski definition) is 6. The number of methoxy groups -OCH3 is 1. The fraction of sp³-hybridized carbons (Fsp3) is 0.321. The number of carbonyl (C=O) groups excluding carboxylic acids is 1. The largest absolute Gasteiger partial charge is 0.493 e. The van der Waals surface area contributed by atoms with E-state index >= 15 is 0 Å². The third kappa shape index (κ3) is 8.02. The first kappa shape index (κ1) is 27.1. The first-order chi connectivity index (χ1) is 17.2. The van der Waals surface area contributed by atoms with Crippen molar-refractivity contribution in [2.45, 2.75) is 39.5 Å². The van der Waals surface area contributed by atoms with E-state index in [1.54, 1.807) is 42.7 Å². The molecule has 0 aliphatic heterocycles. The van der Waals surface area contributed by atoms with Crippen LogP contribution in [0, 0.1) is 5.82 Å². The molecule has 0 fully saturated rings. The van der Waals surface area contributed by atoms with Gasteiger partial charge < -0.3 is 24.4 Å². The molecule has 1 heterocycles. The molecule has 1 amide bonds. The number of thiophene rings is 1. The highest BCUT2D eigenvalue weighted by Gasteiger charge is 2.18. The summed E-state index contributed by atoms with van der Waals surface area (Å²) in [5.41, 5.74) is 1.52. The summed E-state index contributed by atoms with van der Waals surface area (Å²) >= 11 is 1.66. The Balaban J connectivity index is 1.71. The van der Waals surface area contributed by atoms with E-state index in [-0.39, 0.29) is 12.4 Å². The molecule has 3 aromatic rings. The van der Waals surface area contributed by atoms with Crippen LogP contribution in [0.2, 0.25) is 0 Å². The summed E-state index contributed by atoms with van der Waals surface area (Å²) in [5.74, 6) is 0.715. The molecule has 0 saturated heterocycles. The van der Waals surface area contributed by atoms with Crippen LogP contribution in [0.1, 0.15) is 36.8 Å². The van der Waals surface area contributed by atoms with Gasteiger partial charge in [0.15, 0.2) is 11.5 Å². The minimum Gasteiger partial charge on any atom is -0.493 e. The molecule has 0 spiro atoms. The standard InChI is InChI=1S/C28H33FN2O4S/c1-20(31(18-23-10-8-16-36-23)15-14-30-27(32)35-28(2,3)4)21-12-13-25(26(17-21)33-5)34-19-22-9-6-7-11-24(22)29/h6-13,16-17H,1,14-15,18-19H2,2-5H3,(H,30,32). The number of alkyl carbamates (subject to hydrolysis) is 1. The molecule has 2 aromatic carbocycles. The van der Waals surface area contributed by atoms with Crippen LogP contribution in [0.15, 0.2) is 66.6 Å². The molecule has 0 bridgehead atoms. The van der Waals surface area contributed by atoms with E-state index in [0.717, 1.165) is 11.3 Å². The highest BCUT2D eigenvalue weighted by Crippen LogP contribution is 2.32. The zero-order valence-corrected chi connectivity index (χ0v) is 22.0. The van der Waals surface area contributed by atoms with Gasteiger partial charge in [0.1, 0.15) is 18.0 Å². The number of halogens is 1. The molecule has 0 radical (unpaired) electrons.